The first kappa shape index (κ1) is 11.5. The van der Waals surface area contributed by atoms with Gasteiger partial charge in [-0.05, 0) is 20.4 Å². The van der Waals surface area contributed by atoms with Crippen LogP contribution in [0, 0.1) is 0 Å². The topological polar surface area (TPSA) is 41.6 Å². The zero-order valence-electron chi connectivity index (χ0n) is 9.25. The fourth-order valence-corrected chi connectivity index (χ4v) is 1.88. The Kier molecular flexibility index (Phi) is 4.35. The van der Waals surface area contributed by atoms with E-state index in [-0.39, 0.29) is 5.97 Å². The van der Waals surface area contributed by atoms with Crippen LogP contribution in [0.5, 0.6) is 0 Å². The number of carbonyl (C=O) groups is 1. The monoisotopic (exact) mass is 200 g/mol. The molecule has 0 amide bonds. The quantitative estimate of drug-likeness (QED) is 0.660. The summed E-state index contributed by atoms with van der Waals surface area (Å²) in [5.74, 6) is -0.120. The van der Waals surface area contributed by atoms with Gasteiger partial charge in [0.2, 0.25) is 0 Å². The SMILES string of the molecule is CNC1CCN(C(C)CC(=O)OC)C1. The number of esters is 1. The first-order chi connectivity index (χ1) is 6.67. The molecule has 2 unspecified atom stereocenters. The average Bonchev–Trinajstić information content (AvgIpc) is 2.65. The number of likely N-dealkylation sites (N-methyl/N-ethyl adjacent to an activating group) is 1. The Labute approximate surface area is 85.6 Å². The van der Waals surface area contributed by atoms with Crippen molar-refractivity contribution in [1.82, 2.24) is 10.2 Å². The summed E-state index contributed by atoms with van der Waals surface area (Å²) in [6.07, 6.45) is 1.66. The van der Waals surface area contributed by atoms with Crippen LogP contribution in [0.15, 0.2) is 0 Å². The van der Waals surface area contributed by atoms with Gasteiger partial charge in [0, 0.05) is 25.2 Å². The van der Waals surface area contributed by atoms with Gasteiger partial charge < -0.3 is 10.1 Å². The molecule has 0 aromatic rings. The smallest absolute Gasteiger partial charge is 0.307 e. The third-order valence-corrected chi connectivity index (χ3v) is 2.94. The third-order valence-electron chi connectivity index (χ3n) is 2.94. The predicted octanol–water partition coefficient (Wildman–Crippen LogP) is 0.232. The van der Waals surface area contributed by atoms with Gasteiger partial charge >= 0.3 is 5.97 Å². The average molecular weight is 200 g/mol. The van der Waals surface area contributed by atoms with Gasteiger partial charge in [-0.3, -0.25) is 9.69 Å². The first-order valence-electron chi connectivity index (χ1n) is 5.15. The van der Waals surface area contributed by atoms with E-state index in [1.807, 2.05) is 7.05 Å². The van der Waals surface area contributed by atoms with Crippen LogP contribution in [0.2, 0.25) is 0 Å². The number of methoxy groups -OCH3 is 1. The molecule has 0 bridgehead atoms. The normalized spacial score (nSPS) is 24.9. The van der Waals surface area contributed by atoms with Crippen molar-refractivity contribution in [3.8, 4) is 0 Å². The summed E-state index contributed by atoms with van der Waals surface area (Å²) in [6, 6.07) is 0.871. The lowest BCUT2D eigenvalue weighted by Crippen LogP contribution is -2.36. The molecule has 0 radical (unpaired) electrons. The number of likely N-dealkylation sites (tertiary alicyclic amines) is 1. The number of nitrogens with one attached hydrogen (secondary N) is 1. The van der Waals surface area contributed by atoms with Gasteiger partial charge in [-0.1, -0.05) is 0 Å². The van der Waals surface area contributed by atoms with E-state index >= 15 is 0 Å². The molecule has 1 heterocycles. The number of hydrogen-bond donors (Lipinski definition) is 1. The van der Waals surface area contributed by atoms with E-state index in [1.54, 1.807) is 0 Å². The van der Waals surface area contributed by atoms with Crippen molar-refractivity contribution in [2.45, 2.75) is 31.8 Å². The number of rotatable bonds is 4. The van der Waals surface area contributed by atoms with Crippen LogP contribution in [0.1, 0.15) is 19.8 Å². The van der Waals surface area contributed by atoms with Crippen molar-refractivity contribution in [2.24, 2.45) is 0 Å². The van der Waals surface area contributed by atoms with Crippen LogP contribution < -0.4 is 5.32 Å². The first-order valence-corrected chi connectivity index (χ1v) is 5.15. The van der Waals surface area contributed by atoms with E-state index in [0.29, 0.717) is 18.5 Å². The standard InChI is InChI=1S/C10H20N2O2/c1-8(6-10(13)14-3)12-5-4-9(7-12)11-2/h8-9,11H,4-7H2,1-3H3. The molecule has 1 fully saturated rings. The number of ether oxygens (including phenoxy) is 1. The van der Waals surface area contributed by atoms with Gasteiger partial charge in [0.25, 0.3) is 0 Å². The molecule has 0 spiro atoms. The minimum absolute atomic E-state index is 0.120. The molecule has 0 aromatic carbocycles. The van der Waals surface area contributed by atoms with Gasteiger partial charge in [0.1, 0.15) is 0 Å². The maximum atomic E-state index is 11.1. The minimum Gasteiger partial charge on any atom is -0.469 e. The van der Waals surface area contributed by atoms with Gasteiger partial charge in [-0.15, -0.1) is 0 Å². The number of hydrogen-bond acceptors (Lipinski definition) is 4. The van der Waals surface area contributed by atoms with E-state index in [0.717, 1.165) is 13.1 Å². The van der Waals surface area contributed by atoms with Gasteiger partial charge in [-0.2, -0.15) is 0 Å². The lowest BCUT2D eigenvalue weighted by atomic mass is 10.2. The molecular weight excluding hydrogens is 180 g/mol. The van der Waals surface area contributed by atoms with Crippen LogP contribution in [0.3, 0.4) is 0 Å². The van der Waals surface area contributed by atoms with E-state index in [4.69, 9.17) is 0 Å². The molecule has 2 atom stereocenters. The second-order valence-electron chi connectivity index (χ2n) is 3.90. The Hall–Kier alpha value is -0.610. The molecule has 0 aromatic heterocycles. The van der Waals surface area contributed by atoms with Crippen molar-refractivity contribution in [3.63, 3.8) is 0 Å². The largest absolute Gasteiger partial charge is 0.469 e. The Morgan fingerprint density at radius 1 is 1.71 bits per heavy atom. The van der Waals surface area contributed by atoms with Crippen LogP contribution >= 0.6 is 0 Å². The van der Waals surface area contributed by atoms with Crippen molar-refractivity contribution in [1.29, 1.82) is 0 Å². The summed E-state index contributed by atoms with van der Waals surface area (Å²) < 4.78 is 4.65. The van der Waals surface area contributed by atoms with Crippen LogP contribution in [0.4, 0.5) is 0 Å². The lowest BCUT2D eigenvalue weighted by molar-refractivity contribution is -0.141. The molecule has 0 aliphatic carbocycles. The van der Waals surface area contributed by atoms with Crippen molar-refractivity contribution >= 4 is 5.97 Å². The molecule has 14 heavy (non-hydrogen) atoms. The molecule has 4 heteroatoms. The molecular formula is C10H20N2O2. The van der Waals surface area contributed by atoms with Gasteiger partial charge in [-0.25, -0.2) is 0 Å². The van der Waals surface area contributed by atoms with E-state index in [2.05, 4.69) is 21.9 Å². The highest BCUT2D eigenvalue weighted by atomic mass is 16.5. The summed E-state index contributed by atoms with van der Waals surface area (Å²) in [5, 5.41) is 3.26. The van der Waals surface area contributed by atoms with Crippen LogP contribution in [-0.2, 0) is 9.53 Å². The lowest BCUT2D eigenvalue weighted by Gasteiger charge is -2.23. The Balaban J connectivity index is 2.31. The number of carbonyl (C=O) groups excluding carboxylic acids is 1. The van der Waals surface area contributed by atoms with E-state index in [9.17, 15) is 4.79 Å². The van der Waals surface area contributed by atoms with Crippen LogP contribution in [0.25, 0.3) is 0 Å². The molecule has 1 rings (SSSR count). The summed E-state index contributed by atoms with van der Waals surface area (Å²) in [7, 11) is 3.43. The Morgan fingerprint density at radius 2 is 2.43 bits per heavy atom. The fraction of sp³-hybridized carbons (Fsp3) is 0.900. The second-order valence-corrected chi connectivity index (χ2v) is 3.90. The molecule has 4 nitrogen and oxygen atoms in total. The highest BCUT2D eigenvalue weighted by molar-refractivity contribution is 5.69. The molecule has 1 aliphatic heterocycles. The second kappa shape index (κ2) is 5.32. The molecule has 0 saturated carbocycles. The molecule has 1 aliphatic rings. The maximum Gasteiger partial charge on any atom is 0.307 e. The zero-order valence-corrected chi connectivity index (χ0v) is 9.25. The van der Waals surface area contributed by atoms with Crippen LogP contribution in [-0.4, -0.2) is 50.2 Å². The van der Waals surface area contributed by atoms with Crippen molar-refractivity contribution < 1.29 is 9.53 Å². The third kappa shape index (κ3) is 2.96. The summed E-state index contributed by atoms with van der Waals surface area (Å²) in [4.78, 5) is 13.4. The fourth-order valence-electron chi connectivity index (χ4n) is 1.88. The van der Waals surface area contributed by atoms with Crippen molar-refractivity contribution in [3.05, 3.63) is 0 Å². The molecule has 1 saturated heterocycles. The Bertz CT molecular complexity index is 197. The van der Waals surface area contributed by atoms with Crippen molar-refractivity contribution in [2.75, 3.05) is 27.2 Å². The van der Waals surface area contributed by atoms with Gasteiger partial charge in [0.15, 0.2) is 0 Å². The van der Waals surface area contributed by atoms with E-state index < -0.39 is 0 Å². The Morgan fingerprint density at radius 3 is 2.93 bits per heavy atom. The highest BCUT2D eigenvalue weighted by Gasteiger charge is 2.26. The van der Waals surface area contributed by atoms with Gasteiger partial charge in [0.05, 0.1) is 13.5 Å². The highest BCUT2D eigenvalue weighted by Crippen LogP contribution is 2.14. The predicted molar refractivity (Wildman–Crippen MR) is 55.1 cm³/mol. The summed E-state index contributed by atoms with van der Waals surface area (Å²) >= 11 is 0. The molecule has 82 valence electrons. The maximum absolute atomic E-state index is 11.1. The van der Waals surface area contributed by atoms with E-state index in [1.165, 1.54) is 13.5 Å². The summed E-state index contributed by atoms with van der Waals surface area (Å²) in [5.41, 5.74) is 0. The minimum atomic E-state index is -0.120. The molecule has 1 N–H and O–H groups in total. The number of nitrogens with zero attached hydrogens (tertiary/aromatic N) is 1. The zero-order chi connectivity index (χ0) is 10.6. The summed E-state index contributed by atoms with van der Waals surface area (Å²) in [6.45, 7) is 4.19.